The van der Waals surface area contributed by atoms with Crippen LogP contribution in [-0.4, -0.2) is 28.3 Å². The maximum atomic E-state index is 12.7. The van der Waals surface area contributed by atoms with Crippen LogP contribution >= 0.6 is 7.82 Å². The van der Waals surface area contributed by atoms with Gasteiger partial charge in [-0.3, -0.25) is 9.32 Å². The van der Waals surface area contributed by atoms with Crippen LogP contribution in [0.2, 0.25) is 0 Å². The first-order valence-corrected chi connectivity index (χ1v) is 10.5. The average molecular weight is 399 g/mol. The van der Waals surface area contributed by atoms with Gasteiger partial charge in [0.1, 0.15) is 0 Å². The van der Waals surface area contributed by atoms with Crippen LogP contribution in [0.1, 0.15) is 22.3 Å². The van der Waals surface area contributed by atoms with E-state index in [1.54, 1.807) is 12.1 Å². The number of hydrogen-bond donors (Lipinski definition) is 3. The molecule has 0 saturated heterocycles. The largest absolute Gasteiger partial charge is 0.469 e. The Bertz CT molecular complexity index is 986. The number of phosphoric ester groups is 1. The number of carbonyl (C=O) groups excluding carboxylic acids is 1. The molecular weight excluding hydrogens is 377 g/mol. The van der Waals surface area contributed by atoms with Crippen molar-refractivity contribution in [3.05, 3.63) is 83.9 Å². The zero-order chi connectivity index (χ0) is 20.0. The molecular formula is C21H22NO5P. The van der Waals surface area contributed by atoms with Gasteiger partial charge in [0.05, 0.1) is 12.6 Å². The zero-order valence-electron chi connectivity index (χ0n) is 15.2. The van der Waals surface area contributed by atoms with Gasteiger partial charge in [-0.15, -0.1) is 0 Å². The molecule has 0 aliphatic carbocycles. The van der Waals surface area contributed by atoms with Crippen LogP contribution < -0.4 is 5.32 Å². The number of aryl methyl sites for hydroxylation is 1. The fourth-order valence-electron chi connectivity index (χ4n) is 2.97. The second-order valence-electron chi connectivity index (χ2n) is 6.54. The first-order valence-electron chi connectivity index (χ1n) is 8.94. The summed E-state index contributed by atoms with van der Waals surface area (Å²) in [5, 5.41) is 4.81. The van der Waals surface area contributed by atoms with E-state index >= 15 is 0 Å². The second kappa shape index (κ2) is 9.13. The summed E-state index contributed by atoms with van der Waals surface area (Å²) in [5.74, 6) is -0.307. The minimum atomic E-state index is -4.61. The van der Waals surface area contributed by atoms with Crippen molar-refractivity contribution in [2.75, 3.05) is 6.61 Å². The van der Waals surface area contributed by atoms with Crippen LogP contribution in [0.4, 0.5) is 0 Å². The Morgan fingerprint density at radius 1 is 0.964 bits per heavy atom. The molecule has 0 aromatic heterocycles. The SMILES string of the molecule is O=C(NC(CCc1ccccc1)COP(=O)(O)O)c1ccc2ccccc2c1. The highest BCUT2D eigenvalue weighted by atomic mass is 31.2. The summed E-state index contributed by atoms with van der Waals surface area (Å²) in [6.07, 6.45) is 1.14. The molecule has 7 heteroatoms. The van der Waals surface area contributed by atoms with Gasteiger partial charge in [0, 0.05) is 5.56 Å². The van der Waals surface area contributed by atoms with Crippen molar-refractivity contribution in [1.82, 2.24) is 5.32 Å². The molecule has 1 amide bonds. The Labute approximate surface area is 163 Å². The number of fused-ring (bicyclic) bond motifs is 1. The van der Waals surface area contributed by atoms with Crippen LogP contribution in [0.3, 0.4) is 0 Å². The van der Waals surface area contributed by atoms with E-state index in [1.165, 1.54) is 0 Å². The maximum Gasteiger partial charge on any atom is 0.469 e. The lowest BCUT2D eigenvalue weighted by Gasteiger charge is -2.19. The van der Waals surface area contributed by atoms with Crippen molar-refractivity contribution in [2.45, 2.75) is 18.9 Å². The average Bonchev–Trinajstić information content (AvgIpc) is 2.69. The minimum absolute atomic E-state index is 0.267. The first kappa shape index (κ1) is 20.2. The third-order valence-electron chi connectivity index (χ3n) is 4.42. The highest BCUT2D eigenvalue weighted by Gasteiger charge is 2.20. The summed E-state index contributed by atoms with van der Waals surface area (Å²) in [4.78, 5) is 30.7. The molecule has 3 N–H and O–H groups in total. The molecule has 6 nitrogen and oxygen atoms in total. The van der Waals surface area contributed by atoms with Gasteiger partial charge in [-0.05, 0) is 41.3 Å². The minimum Gasteiger partial charge on any atom is -0.347 e. The standard InChI is InChI=1S/C21H22NO5P/c23-21(19-12-11-17-8-4-5-9-18(17)14-19)22-20(15-27-28(24,25)26)13-10-16-6-2-1-3-7-16/h1-9,11-12,14,20H,10,13,15H2,(H,22,23)(H2,24,25,26). The van der Waals surface area contributed by atoms with Crippen molar-refractivity contribution in [1.29, 1.82) is 0 Å². The molecule has 0 spiro atoms. The third-order valence-corrected chi connectivity index (χ3v) is 4.90. The summed E-state index contributed by atoms with van der Waals surface area (Å²) in [5.41, 5.74) is 1.56. The molecule has 0 saturated carbocycles. The van der Waals surface area contributed by atoms with Gasteiger partial charge in [-0.25, -0.2) is 4.57 Å². The van der Waals surface area contributed by atoms with Gasteiger partial charge in [0.25, 0.3) is 5.91 Å². The van der Waals surface area contributed by atoms with Gasteiger partial charge in [0.15, 0.2) is 0 Å². The summed E-state index contributed by atoms with van der Waals surface area (Å²) >= 11 is 0. The predicted molar refractivity (Wildman–Crippen MR) is 108 cm³/mol. The van der Waals surface area contributed by atoms with Gasteiger partial charge in [-0.1, -0.05) is 60.7 Å². The quantitative estimate of drug-likeness (QED) is 0.502. The number of carbonyl (C=O) groups is 1. The van der Waals surface area contributed by atoms with E-state index in [0.29, 0.717) is 18.4 Å². The topological polar surface area (TPSA) is 95.9 Å². The molecule has 0 aliphatic heterocycles. The number of amides is 1. The van der Waals surface area contributed by atoms with E-state index in [9.17, 15) is 9.36 Å². The van der Waals surface area contributed by atoms with Crippen molar-refractivity contribution in [3.8, 4) is 0 Å². The predicted octanol–water partition coefficient (Wildman–Crippen LogP) is 3.68. The maximum absolute atomic E-state index is 12.7. The molecule has 0 fully saturated rings. The Kier molecular flexibility index (Phi) is 6.60. The molecule has 28 heavy (non-hydrogen) atoms. The third kappa shape index (κ3) is 6.01. The number of phosphoric acid groups is 1. The summed E-state index contributed by atoms with van der Waals surface area (Å²) < 4.78 is 15.7. The van der Waals surface area contributed by atoms with Crippen molar-refractivity contribution in [3.63, 3.8) is 0 Å². The highest BCUT2D eigenvalue weighted by Crippen LogP contribution is 2.35. The van der Waals surface area contributed by atoms with Crippen LogP contribution in [0.5, 0.6) is 0 Å². The monoisotopic (exact) mass is 399 g/mol. The molecule has 0 aliphatic rings. The van der Waals surface area contributed by atoms with Crippen molar-refractivity contribution in [2.24, 2.45) is 0 Å². The number of rotatable bonds is 8. The lowest BCUT2D eigenvalue weighted by atomic mass is 10.0. The summed E-state index contributed by atoms with van der Waals surface area (Å²) in [6.45, 7) is -0.267. The van der Waals surface area contributed by atoms with E-state index in [2.05, 4.69) is 9.84 Å². The van der Waals surface area contributed by atoms with Crippen molar-refractivity contribution >= 4 is 24.5 Å². The van der Waals surface area contributed by atoms with E-state index in [-0.39, 0.29) is 12.5 Å². The number of benzene rings is 3. The number of nitrogens with one attached hydrogen (secondary N) is 1. The Morgan fingerprint density at radius 3 is 2.36 bits per heavy atom. The van der Waals surface area contributed by atoms with Gasteiger partial charge < -0.3 is 15.1 Å². The lowest BCUT2D eigenvalue weighted by molar-refractivity contribution is 0.0905. The van der Waals surface area contributed by atoms with Crippen LogP contribution in [0, 0.1) is 0 Å². The highest BCUT2D eigenvalue weighted by molar-refractivity contribution is 7.46. The number of hydrogen-bond acceptors (Lipinski definition) is 3. The lowest BCUT2D eigenvalue weighted by Crippen LogP contribution is -2.38. The van der Waals surface area contributed by atoms with Gasteiger partial charge >= 0.3 is 7.82 Å². The molecule has 0 bridgehead atoms. The van der Waals surface area contributed by atoms with Crippen LogP contribution in [0.25, 0.3) is 10.8 Å². The van der Waals surface area contributed by atoms with Crippen LogP contribution in [-0.2, 0) is 15.5 Å². The van der Waals surface area contributed by atoms with E-state index in [4.69, 9.17) is 9.79 Å². The smallest absolute Gasteiger partial charge is 0.347 e. The Balaban J connectivity index is 1.70. The van der Waals surface area contributed by atoms with Crippen LogP contribution in [0.15, 0.2) is 72.8 Å². The molecule has 146 valence electrons. The van der Waals surface area contributed by atoms with E-state index in [0.717, 1.165) is 16.3 Å². The second-order valence-corrected chi connectivity index (χ2v) is 7.78. The molecule has 3 aromatic carbocycles. The fourth-order valence-corrected chi connectivity index (χ4v) is 3.34. The van der Waals surface area contributed by atoms with E-state index in [1.807, 2.05) is 60.7 Å². The Hall–Kier alpha value is -2.50. The molecule has 0 heterocycles. The molecule has 3 rings (SSSR count). The first-order chi connectivity index (χ1) is 13.4. The zero-order valence-corrected chi connectivity index (χ0v) is 16.1. The normalized spacial score (nSPS) is 12.6. The van der Waals surface area contributed by atoms with Gasteiger partial charge in [-0.2, -0.15) is 0 Å². The molecule has 3 aromatic rings. The molecule has 1 unspecified atom stereocenters. The fraction of sp³-hybridized carbons (Fsp3) is 0.190. The summed E-state index contributed by atoms with van der Waals surface area (Å²) in [7, 11) is -4.61. The molecule has 1 atom stereocenters. The Morgan fingerprint density at radius 2 is 1.64 bits per heavy atom. The summed E-state index contributed by atoms with van der Waals surface area (Å²) in [6, 6.07) is 22.3. The van der Waals surface area contributed by atoms with E-state index < -0.39 is 13.9 Å². The molecule has 0 radical (unpaired) electrons. The van der Waals surface area contributed by atoms with Crippen molar-refractivity contribution < 1.29 is 23.7 Å². The van der Waals surface area contributed by atoms with Gasteiger partial charge in [0.2, 0.25) is 0 Å².